The van der Waals surface area contributed by atoms with Crippen LogP contribution in [-0.4, -0.2) is 36.7 Å². The molecule has 0 saturated carbocycles. The fourth-order valence-electron chi connectivity index (χ4n) is 3.17. The van der Waals surface area contributed by atoms with E-state index in [1.165, 1.54) is 24.8 Å². The van der Waals surface area contributed by atoms with Gasteiger partial charge in [-0.25, -0.2) is 0 Å². The first-order valence-corrected chi connectivity index (χ1v) is 8.22. The minimum atomic E-state index is 0.239. The molecule has 2 atom stereocenters. The van der Waals surface area contributed by atoms with Gasteiger partial charge in [0.2, 0.25) is 0 Å². The molecule has 2 rings (SSSR count). The van der Waals surface area contributed by atoms with Gasteiger partial charge in [0.1, 0.15) is 5.75 Å². The van der Waals surface area contributed by atoms with Crippen molar-refractivity contribution in [1.82, 2.24) is 10.2 Å². The van der Waals surface area contributed by atoms with E-state index >= 15 is 0 Å². The molecule has 0 aromatic heterocycles. The molecule has 3 heteroatoms. The molecule has 118 valence electrons. The lowest BCUT2D eigenvalue weighted by atomic mass is 9.92. The number of methoxy groups -OCH3 is 1. The number of piperazine rings is 1. The van der Waals surface area contributed by atoms with Crippen molar-refractivity contribution >= 4 is 0 Å². The van der Waals surface area contributed by atoms with Gasteiger partial charge in [-0.05, 0) is 37.5 Å². The quantitative estimate of drug-likeness (QED) is 0.868. The Morgan fingerprint density at radius 1 is 1.38 bits per heavy atom. The van der Waals surface area contributed by atoms with Crippen LogP contribution in [-0.2, 0) is 6.54 Å². The molecule has 1 fully saturated rings. The molecule has 1 heterocycles. The zero-order valence-electron chi connectivity index (χ0n) is 14.0. The Hall–Kier alpha value is -1.06. The van der Waals surface area contributed by atoms with Crippen LogP contribution >= 0.6 is 0 Å². The summed E-state index contributed by atoms with van der Waals surface area (Å²) in [6.07, 6.45) is 3.67. The lowest BCUT2D eigenvalue weighted by molar-refractivity contribution is 0.0725. The van der Waals surface area contributed by atoms with Crippen molar-refractivity contribution in [3.8, 4) is 5.75 Å². The summed E-state index contributed by atoms with van der Waals surface area (Å²) in [5.41, 5.74) is 1.58. The Morgan fingerprint density at radius 2 is 2.19 bits per heavy atom. The minimum absolute atomic E-state index is 0.239. The highest BCUT2D eigenvalue weighted by molar-refractivity contribution is 5.28. The van der Waals surface area contributed by atoms with E-state index < -0.39 is 0 Å². The highest BCUT2D eigenvalue weighted by Gasteiger charge is 2.33. The van der Waals surface area contributed by atoms with Crippen LogP contribution in [0.1, 0.15) is 45.6 Å². The lowest BCUT2D eigenvalue weighted by Crippen LogP contribution is -2.62. The van der Waals surface area contributed by atoms with Crippen molar-refractivity contribution in [1.29, 1.82) is 0 Å². The molecule has 1 N–H and O–H groups in total. The largest absolute Gasteiger partial charge is 0.497 e. The van der Waals surface area contributed by atoms with Crippen LogP contribution in [0.2, 0.25) is 0 Å². The SMILES string of the molecule is CCCC1CNC(C)(CC)CN1Cc1cccc(OC)c1. The standard InChI is InChI=1S/C18H30N2O/c1-5-8-16-12-19-18(3,6-2)14-20(16)13-15-9-7-10-17(11-15)21-4/h7,9-11,16,19H,5-6,8,12-14H2,1-4H3. The van der Waals surface area contributed by atoms with Crippen LogP contribution in [0.25, 0.3) is 0 Å². The Labute approximate surface area is 129 Å². The first kappa shape index (κ1) is 16.3. The van der Waals surface area contributed by atoms with Crippen molar-refractivity contribution in [2.45, 2.75) is 58.2 Å². The zero-order valence-corrected chi connectivity index (χ0v) is 14.0. The maximum absolute atomic E-state index is 5.35. The Morgan fingerprint density at radius 3 is 2.86 bits per heavy atom. The van der Waals surface area contributed by atoms with Crippen LogP contribution in [0.3, 0.4) is 0 Å². The molecule has 1 aromatic rings. The number of rotatable bonds is 6. The Balaban J connectivity index is 2.11. The van der Waals surface area contributed by atoms with Crippen molar-refractivity contribution in [3.05, 3.63) is 29.8 Å². The maximum Gasteiger partial charge on any atom is 0.119 e. The molecule has 3 nitrogen and oxygen atoms in total. The summed E-state index contributed by atoms with van der Waals surface area (Å²) < 4.78 is 5.35. The van der Waals surface area contributed by atoms with Crippen molar-refractivity contribution in [3.63, 3.8) is 0 Å². The number of benzene rings is 1. The smallest absolute Gasteiger partial charge is 0.119 e. The molecule has 1 saturated heterocycles. The molecule has 0 spiro atoms. The molecule has 0 bridgehead atoms. The van der Waals surface area contributed by atoms with Crippen molar-refractivity contribution in [2.24, 2.45) is 0 Å². The highest BCUT2D eigenvalue weighted by atomic mass is 16.5. The molecule has 21 heavy (non-hydrogen) atoms. The second kappa shape index (κ2) is 7.28. The Bertz CT molecular complexity index is 449. The van der Waals surface area contributed by atoms with Crippen LogP contribution in [0, 0.1) is 0 Å². The van der Waals surface area contributed by atoms with E-state index in [0.717, 1.165) is 25.4 Å². The fraction of sp³-hybridized carbons (Fsp3) is 0.667. The molecular weight excluding hydrogens is 260 g/mol. The molecule has 0 amide bonds. The third-order valence-electron chi connectivity index (χ3n) is 4.75. The van der Waals surface area contributed by atoms with Crippen molar-refractivity contribution < 1.29 is 4.74 Å². The molecule has 2 unspecified atom stereocenters. The summed E-state index contributed by atoms with van der Waals surface area (Å²) in [7, 11) is 1.73. The lowest BCUT2D eigenvalue weighted by Gasteiger charge is -2.46. The number of hydrogen-bond acceptors (Lipinski definition) is 3. The van der Waals surface area contributed by atoms with Gasteiger partial charge in [-0.1, -0.05) is 32.4 Å². The number of nitrogens with zero attached hydrogens (tertiary/aromatic N) is 1. The zero-order chi connectivity index (χ0) is 15.3. The van der Waals surface area contributed by atoms with Crippen LogP contribution in [0.4, 0.5) is 0 Å². The van der Waals surface area contributed by atoms with Gasteiger partial charge in [0.05, 0.1) is 7.11 Å². The topological polar surface area (TPSA) is 24.5 Å². The first-order valence-electron chi connectivity index (χ1n) is 8.22. The van der Waals surface area contributed by atoms with Gasteiger partial charge in [0, 0.05) is 31.2 Å². The van der Waals surface area contributed by atoms with Gasteiger partial charge in [-0.15, -0.1) is 0 Å². The predicted octanol–water partition coefficient (Wildman–Crippen LogP) is 3.44. The molecule has 0 aliphatic carbocycles. The van der Waals surface area contributed by atoms with Crippen LogP contribution in [0.5, 0.6) is 5.75 Å². The maximum atomic E-state index is 5.35. The molecular formula is C18H30N2O. The van der Waals surface area contributed by atoms with Gasteiger partial charge < -0.3 is 10.1 Å². The number of hydrogen-bond donors (Lipinski definition) is 1. The van der Waals surface area contributed by atoms with Gasteiger partial charge in [-0.3, -0.25) is 4.90 Å². The average Bonchev–Trinajstić information content (AvgIpc) is 2.50. The molecule has 1 aliphatic rings. The molecule has 1 aromatic carbocycles. The normalized spacial score (nSPS) is 26.8. The monoisotopic (exact) mass is 290 g/mol. The summed E-state index contributed by atoms with van der Waals surface area (Å²) in [6, 6.07) is 9.11. The number of nitrogens with one attached hydrogen (secondary N) is 1. The van der Waals surface area contributed by atoms with E-state index in [4.69, 9.17) is 4.74 Å². The summed E-state index contributed by atoms with van der Waals surface area (Å²) in [5.74, 6) is 0.952. The summed E-state index contributed by atoms with van der Waals surface area (Å²) >= 11 is 0. The van der Waals surface area contributed by atoms with Crippen molar-refractivity contribution in [2.75, 3.05) is 20.2 Å². The summed E-state index contributed by atoms with van der Waals surface area (Å²) in [4.78, 5) is 2.65. The van der Waals surface area contributed by atoms with Gasteiger partial charge in [-0.2, -0.15) is 0 Å². The summed E-state index contributed by atoms with van der Waals surface area (Å²) in [6.45, 7) is 10.1. The van der Waals surface area contributed by atoms with E-state index in [0.29, 0.717) is 6.04 Å². The molecule has 0 radical (unpaired) electrons. The van der Waals surface area contributed by atoms with Crippen LogP contribution in [0.15, 0.2) is 24.3 Å². The highest BCUT2D eigenvalue weighted by Crippen LogP contribution is 2.24. The van der Waals surface area contributed by atoms with E-state index in [1.807, 2.05) is 6.07 Å². The third kappa shape index (κ3) is 4.21. The van der Waals surface area contributed by atoms with E-state index in [-0.39, 0.29) is 5.54 Å². The van der Waals surface area contributed by atoms with Gasteiger partial charge in [0.15, 0.2) is 0 Å². The third-order valence-corrected chi connectivity index (χ3v) is 4.75. The van der Waals surface area contributed by atoms with Gasteiger partial charge in [0.25, 0.3) is 0 Å². The van der Waals surface area contributed by atoms with E-state index in [1.54, 1.807) is 7.11 Å². The van der Waals surface area contributed by atoms with Gasteiger partial charge >= 0.3 is 0 Å². The van der Waals surface area contributed by atoms with Crippen LogP contribution < -0.4 is 10.1 Å². The molecule has 1 aliphatic heterocycles. The summed E-state index contributed by atoms with van der Waals surface area (Å²) in [5, 5.41) is 3.75. The first-order chi connectivity index (χ1) is 10.1. The second-order valence-electron chi connectivity index (χ2n) is 6.49. The Kier molecular flexibility index (Phi) is 5.65. The van der Waals surface area contributed by atoms with E-state index in [2.05, 4.69) is 49.2 Å². The minimum Gasteiger partial charge on any atom is -0.497 e. The fourth-order valence-corrected chi connectivity index (χ4v) is 3.17. The number of ether oxygens (including phenoxy) is 1. The predicted molar refractivity (Wildman–Crippen MR) is 88.8 cm³/mol. The average molecular weight is 290 g/mol. The second-order valence-corrected chi connectivity index (χ2v) is 6.49. The van der Waals surface area contributed by atoms with E-state index in [9.17, 15) is 0 Å².